The number of pyridine rings is 1. The smallest absolute Gasteiger partial charge is 0.325 e. The van der Waals surface area contributed by atoms with E-state index in [1.807, 2.05) is 6.07 Å². The number of carbonyl (C=O) groups is 3. The molecule has 0 aliphatic carbocycles. The Morgan fingerprint density at radius 1 is 1.26 bits per heavy atom. The van der Waals surface area contributed by atoms with Gasteiger partial charge in [-0.2, -0.15) is 0 Å². The molecule has 0 radical (unpaired) electrons. The van der Waals surface area contributed by atoms with Gasteiger partial charge in [-0.05, 0) is 37.6 Å². The van der Waals surface area contributed by atoms with Crippen LogP contribution in [0.25, 0.3) is 0 Å². The molecule has 1 aliphatic rings. The van der Waals surface area contributed by atoms with Crippen LogP contribution in [0, 0.1) is 0 Å². The maximum absolute atomic E-state index is 12.8. The lowest BCUT2D eigenvalue weighted by molar-refractivity contribution is -0.135. The van der Waals surface area contributed by atoms with Crippen LogP contribution in [0.1, 0.15) is 31.1 Å². The molecule has 1 aromatic heterocycles. The Morgan fingerprint density at radius 2 is 1.96 bits per heavy atom. The fourth-order valence-electron chi connectivity index (χ4n) is 3.01. The van der Waals surface area contributed by atoms with E-state index in [2.05, 4.69) is 15.6 Å². The van der Waals surface area contributed by atoms with Gasteiger partial charge in [0.15, 0.2) is 5.54 Å². The summed E-state index contributed by atoms with van der Waals surface area (Å²) in [7, 11) is 0. The number of nitrogens with zero attached hydrogens (tertiary/aromatic N) is 2. The summed E-state index contributed by atoms with van der Waals surface area (Å²) in [5.41, 5.74) is -0.133. The van der Waals surface area contributed by atoms with Crippen LogP contribution in [0.2, 0.25) is 5.02 Å². The largest absolute Gasteiger partial charge is 0.348 e. The number of hydrogen-bond acceptors (Lipinski definition) is 4. The van der Waals surface area contributed by atoms with E-state index in [9.17, 15) is 14.4 Å². The molecule has 2 aromatic rings. The minimum Gasteiger partial charge on any atom is -0.348 e. The first-order chi connectivity index (χ1) is 12.8. The number of imide groups is 1. The molecule has 2 heterocycles. The van der Waals surface area contributed by atoms with E-state index < -0.39 is 23.4 Å². The summed E-state index contributed by atoms with van der Waals surface area (Å²) in [6, 6.07) is 11.3. The molecule has 1 saturated heterocycles. The predicted octanol–water partition coefficient (Wildman–Crippen LogP) is 2.38. The van der Waals surface area contributed by atoms with Crippen molar-refractivity contribution in [2.24, 2.45) is 0 Å². The van der Waals surface area contributed by atoms with Crippen molar-refractivity contribution in [3.8, 4) is 0 Å². The van der Waals surface area contributed by atoms with E-state index in [0.717, 1.165) is 10.5 Å². The van der Waals surface area contributed by atoms with Gasteiger partial charge >= 0.3 is 6.03 Å². The van der Waals surface area contributed by atoms with Gasteiger partial charge in [-0.1, -0.05) is 35.9 Å². The van der Waals surface area contributed by atoms with Crippen LogP contribution >= 0.6 is 11.6 Å². The molecule has 2 N–H and O–H groups in total. The molecule has 0 saturated carbocycles. The summed E-state index contributed by atoms with van der Waals surface area (Å²) in [6.07, 6.45) is 1.54. The second-order valence-electron chi connectivity index (χ2n) is 6.47. The monoisotopic (exact) mass is 386 g/mol. The molecule has 4 amide bonds. The molecule has 8 heteroatoms. The fourth-order valence-corrected chi connectivity index (χ4v) is 3.31. The van der Waals surface area contributed by atoms with Crippen LogP contribution in [0.15, 0.2) is 48.7 Å². The highest BCUT2D eigenvalue weighted by molar-refractivity contribution is 6.31. The van der Waals surface area contributed by atoms with Crippen molar-refractivity contribution in [3.63, 3.8) is 0 Å². The maximum atomic E-state index is 12.8. The quantitative estimate of drug-likeness (QED) is 0.772. The lowest BCUT2D eigenvalue weighted by Gasteiger charge is -2.21. The Balaban J connectivity index is 1.70. The highest BCUT2D eigenvalue weighted by Crippen LogP contribution is 2.27. The molecule has 1 fully saturated rings. The molecule has 2 unspecified atom stereocenters. The van der Waals surface area contributed by atoms with E-state index in [1.54, 1.807) is 56.4 Å². The van der Waals surface area contributed by atoms with Crippen LogP contribution in [-0.4, -0.2) is 34.3 Å². The normalized spacial score (nSPS) is 20.3. The summed E-state index contributed by atoms with van der Waals surface area (Å²) >= 11 is 6.14. The van der Waals surface area contributed by atoms with Crippen LogP contribution in [-0.2, 0) is 15.1 Å². The molecule has 3 rings (SSSR count). The maximum Gasteiger partial charge on any atom is 0.325 e. The standard InChI is InChI=1S/C19H19ClN4O3/c1-12(13-7-3-4-8-14(13)20)22-16(25)11-24-17(26)19(2,23-18(24)27)15-9-5-6-10-21-15/h3-10,12H,11H2,1-2H3,(H,22,25)(H,23,27). The predicted molar refractivity (Wildman–Crippen MR) is 99.8 cm³/mol. The number of halogens is 1. The molecule has 27 heavy (non-hydrogen) atoms. The number of hydrogen-bond donors (Lipinski definition) is 2. The first-order valence-corrected chi connectivity index (χ1v) is 8.80. The summed E-state index contributed by atoms with van der Waals surface area (Å²) < 4.78 is 0. The fraction of sp³-hybridized carbons (Fsp3) is 0.263. The van der Waals surface area contributed by atoms with Crippen LogP contribution in [0.5, 0.6) is 0 Å². The lowest BCUT2D eigenvalue weighted by atomic mass is 9.97. The van der Waals surface area contributed by atoms with Gasteiger partial charge in [-0.3, -0.25) is 19.5 Å². The van der Waals surface area contributed by atoms with Gasteiger partial charge in [0.25, 0.3) is 5.91 Å². The number of carbonyl (C=O) groups excluding carboxylic acids is 3. The molecule has 0 spiro atoms. The summed E-state index contributed by atoms with van der Waals surface area (Å²) in [5, 5.41) is 5.91. The van der Waals surface area contributed by atoms with E-state index in [0.29, 0.717) is 10.7 Å². The van der Waals surface area contributed by atoms with Gasteiger partial charge in [-0.15, -0.1) is 0 Å². The number of aromatic nitrogens is 1. The molecular weight excluding hydrogens is 368 g/mol. The minimum absolute atomic E-state index is 0.367. The SMILES string of the molecule is CC(NC(=O)CN1C(=O)NC(C)(c2ccccn2)C1=O)c1ccccc1Cl. The van der Waals surface area contributed by atoms with Gasteiger partial charge in [0.1, 0.15) is 6.54 Å². The molecular formula is C19H19ClN4O3. The van der Waals surface area contributed by atoms with Crippen molar-refractivity contribution >= 4 is 29.4 Å². The Hall–Kier alpha value is -2.93. The summed E-state index contributed by atoms with van der Waals surface area (Å²) in [6.45, 7) is 2.96. The van der Waals surface area contributed by atoms with E-state index in [1.165, 1.54) is 0 Å². The average molecular weight is 387 g/mol. The van der Waals surface area contributed by atoms with Crippen LogP contribution in [0.3, 0.4) is 0 Å². The van der Waals surface area contributed by atoms with Crippen LogP contribution in [0.4, 0.5) is 4.79 Å². The van der Waals surface area contributed by atoms with Gasteiger partial charge in [0.2, 0.25) is 5.91 Å². The second kappa shape index (κ2) is 7.36. The topological polar surface area (TPSA) is 91.4 Å². The number of amides is 4. The number of benzene rings is 1. The Labute approximate surface area is 161 Å². The zero-order valence-electron chi connectivity index (χ0n) is 14.9. The van der Waals surface area contributed by atoms with Crippen molar-refractivity contribution in [1.29, 1.82) is 0 Å². The van der Waals surface area contributed by atoms with Gasteiger partial charge in [0, 0.05) is 11.2 Å². The number of urea groups is 1. The van der Waals surface area contributed by atoms with Crippen molar-refractivity contribution in [3.05, 3.63) is 64.9 Å². The van der Waals surface area contributed by atoms with E-state index in [4.69, 9.17) is 11.6 Å². The average Bonchev–Trinajstić information content (AvgIpc) is 2.87. The third kappa shape index (κ3) is 3.64. The zero-order valence-corrected chi connectivity index (χ0v) is 15.7. The minimum atomic E-state index is -1.30. The van der Waals surface area contributed by atoms with Crippen LogP contribution < -0.4 is 10.6 Å². The highest BCUT2D eigenvalue weighted by Gasteiger charge is 2.50. The van der Waals surface area contributed by atoms with Gasteiger partial charge < -0.3 is 10.6 Å². The Bertz CT molecular complexity index is 890. The molecule has 1 aliphatic heterocycles. The molecule has 1 aromatic carbocycles. The van der Waals surface area contributed by atoms with Crippen molar-refractivity contribution < 1.29 is 14.4 Å². The second-order valence-corrected chi connectivity index (χ2v) is 6.88. The Morgan fingerprint density at radius 3 is 2.63 bits per heavy atom. The summed E-state index contributed by atoms with van der Waals surface area (Å²) in [4.78, 5) is 42.5. The Kier molecular flexibility index (Phi) is 5.14. The molecule has 7 nitrogen and oxygen atoms in total. The lowest BCUT2D eigenvalue weighted by Crippen LogP contribution is -2.44. The molecule has 140 valence electrons. The van der Waals surface area contributed by atoms with Gasteiger partial charge in [0.05, 0.1) is 11.7 Å². The first-order valence-electron chi connectivity index (χ1n) is 8.42. The molecule has 2 atom stereocenters. The van der Waals surface area contributed by atoms with E-state index in [-0.39, 0.29) is 12.6 Å². The van der Waals surface area contributed by atoms with Gasteiger partial charge in [-0.25, -0.2) is 4.79 Å². The zero-order chi connectivity index (χ0) is 19.6. The highest BCUT2D eigenvalue weighted by atomic mass is 35.5. The van der Waals surface area contributed by atoms with Crippen molar-refractivity contribution in [2.45, 2.75) is 25.4 Å². The molecule has 0 bridgehead atoms. The third-order valence-corrected chi connectivity index (χ3v) is 4.85. The van der Waals surface area contributed by atoms with Crippen molar-refractivity contribution in [1.82, 2.24) is 20.5 Å². The number of rotatable bonds is 5. The third-order valence-electron chi connectivity index (χ3n) is 4.50. The summed E-state index contributed by atoms with van der Waals surface area (Å²) in [5.74, 6) is -0.983. The van der Waals surface area contributed by atoms with Crippen molar-refractivity contribution in [2.75, 3.05) is 6.54 Å². The first kappa shape index (κ1) is 18.8. The number of nitrogens with one attached hydrogen (secondary N) is 2. The van der Waals surface area contributed by atoms with E-state index >= 15 is 0 Å².